The van der Waals surface area contributed by atoms with Gasteiger partial charge in [0.1, 0.15) is 6.04 Å². The number of esters is 1. The highest BCUT2D eigenvalue weighted by Crippen LogP contribution is 2.29. The Kier molecular flexibility index (Phi) is 12.7. The molecule has 11 heteroatoms. The summed E-state index contributed by atoms with van der Waals surface area (Å²) in [4.78, 5) is 54.8. The summed E-state index contributed by atoms with van der Waals surface area (Å²) in [7, 11) is 0. The monoisotopic (exact) mass is 604 g/mol. The van der Waals surface area contributed by atoms with Crippen molar-refractivity contribution < 1.29 is 23.9 Å². The van der Waals surface area contributed by atoms with Crippen LogP contribution in [0.2, 0.25) is 0 Å². The Morgan fingerprint density at radius 2 is 1.78 bits per heavy atom. The van der Waals surface area contributed by atoms with Crippen molar-refractivity contribution >= 4 is 47.2 Å². The van der Waals surface area contributed by atoms with Gasteiger partial charge in [-0.1, -0.05) is 49.6 Å². The lowest BCUT2D eigenvalue weighted by atomic mass is 9.91. The lowest BCUT2D eigenvalue weighted by molar-refractivity contribution is -0.160. The largest absolute Gasteiger partial charge is 0.459 e. The molecule has 1 aliphatic carbocycles. The van der Waals surface area contributed by atoms with Crippen molar-refractivity contribution in [3.8, 4) is 0 Å². The van der Waals surface area contributed by atoms with Crippen molar-refractivity contribution in [2.75, 3.05) is 37.1 Å². The average Bonchev–Trinajstić information content (AvgIpc) is 3.48. The summed E-state index contributed by atoms with van der Waals surface area (Å²) in [6, 6.07) is 9.80. The molecule has 3 fully saturated rings. The van der Waals surface area contributed by atoms with Gasteiger partial charge in [0.05, 0.1) is 24.3 Å². The normalized spacial score (nSPS) is 21.3. The molecule has 1 aromatic carbocycles. The molecule has 2 atom stereocenters. The van der Waals surface area contributed by atoms with E-state index < -0.39 is 23.3 Å². The predicted octanol–water partition coefficient (Wildman–Crippen LogP) is 3.38. The Morgan fingerprint density at radius 3 is 2.49 bits per heavy atom. The van der Waals surface area contributed by atoms with Gasteiger partial charge in [-0.3, -0.25) is 19.3 Å². The van der Waals surface area contributed by atoms with E-state index in [1.54, 1.807) is 18.7 Å². The molecular formula is C30H44N4O5S2. The highest BCUT2D eigenvalue weighted by molar-refractivity contribution is 8.00. The maximum Gasteiger partial charge on any atom is 0.397 e. The number of likely N-dealkylation sites (tertiary alicyclic amines) is 1. The Hall–Kier alpha value is -2.24. The minimum Gasteiger partial charge on any atom is -0.459 e. The van der Waals surface area contributed by atoms with E-state index in [9.17, 15) is 19.2 Å². The smallest absolute Gasteiger partial charge is 0.397 e. The minimum absolute atomic E-state index is 0.0618. The number of amides is 3. The number of piperidine rings is 1. The number of nitrogens with zero attached hydrogens (tertiary/aromatic N) is 2. The van der Waals surface area contributed by atoms with Gasteiger partial charge in [0.15, 0.2) is 0 Å². The van der Waals surface area contributed by atoms with Crippen LogP contribution in [0.15, 0.2) is 30.3 Å². The van der Waals surface area contributed by atoms with Crippen molar-refractivity contribution in [1.82, 2.24) is 20.4 Å². The van der Waals surface area contributed by atoms with E-state index in [1.807, 2.05) is 6.07 Å². The Bertz CT molecular complexity index is 1020. The lowest BCUT2D eigenvalue weighted by Crippen LogP contribution is -2.52. The molecule has 41 heavy (non-hydrogen) atoms. The predicted molar refractivity (Wildman–Crippen MR) is 163 cm³/mol. The van der Waals surface area contributed by atoms with Crippen LogP contribution >= 0.6 is 23.5 Å². The number of hydrogen-bond acceptors (Lipinski definition) is 8. The van der Waals surface area contributed by atoms with Gasteiger partial charge in [-0.05, 0) is 49.8 Å². The standard InChI is InChI=1S/C30H44N4O5S2/c1-2-39-30(38)29(37)34-21-40-20-25(34)28(36)32-27(41-19-23-11-7-4-8-12-23)17-26(35)31-24-13-15-33(16-14-24)18-22-9-5-3-6-10-22/h3,5-6,9-10,23-25,27H,2,4,7-8,11-21H2,1H3,(H,31,35)(H,32,36)/t25-,27?/m0/s1. The molecule has 1 aromatic rings. The zero-order valence-corrected chi connectivity index (χ0v) is 25.7. The Balaban J connectivity index is 1.29. The fraction of sp³-hybridized carbons (Fsp3) is 0.667. The number of carbonyl (C=O) groups excluding carboxylic acids is 4. The van der Waals surface area contributed by atoms with Crippen LogP contribution in [0, 0.1) is 5.92 Å². The second kappa shape index (κ2) is 16.4. The molecular weight excluding hydrogens is 560 g/mol. The summed E-state index contributed by atoms with van der Waals surface area (Å²) in [5.41, 5.74) is 1.30. The van der Waals surface area contributed by atoms with Gasteiger partial charge in [0.2, 0.25) is 11.8 Å². The first-order chi connectivity index (χ1) is 19.9. The van der Waals surface area contributed by atoms with Crippen molar-refractivity contribution in [3.63, 3.8) is 0 Å². The highest BCUT2D eigenvalue weighted by atomic mass is 32.2. The van der Waals surface area contributed by atoms with Crippen molar-refractivity contribution in [2.24, 2.45) is 5.92 Å². The molecule has 4 rings (SSSR count). The summed E-state index contributed by atoms with van der Waals surface area (Å²) in [5.74, 6) is 0.0354. The van der Waals surface area contributed by atoms with Gasteiger partial charge in [-0.25, -0.2) is 4.79 Å². The van der Waals surface area contributed by atoms with Gasteiger partial charge < -0.3 is 20.3 Å². The summed E-state index contributed by atoms with van der Waals surface area (Å²) >= 11 is 3.06. The van der Waals surface area contributed by atoms with Crippen LogP contribution in [0.1, 0.15) is 63.9 Å². The number of nitrogens with one attached hydrogen (secondary N) is 2. The van der Waals surface area contributed by atoms with Crippen LogP contribution in [-0.2, 0) is 30.5 Å². The van der Waals surface area contributed by atoms with Gasteiger partial charge in [0.25, 0.3) is 0 Å². The van der Waals surface area contributed by atoms with Gasteiger partial charge in [-0.15, -0.1) is 23.5 Å². The van der Waals surface area contributed by atoms with Crippen LogP contribution in [0.3, 0.4) is 0 Å². The van der Waals surface area contributed by atoms with Gasteiger partial charge >= 0.3 is 11.9 Å². The minimum atomic E-state index is -0.940. The number of ether oxygens (including phenoxy) is 1. The van der Waals surface area contributed by atoms with E-state index in [-0.39, 0.29) is 36.8 Å². The molecule has 3 aliphatic rings. The topological polar surface area (TPSA) is 108 Å². The fourth-order valence-electron chi connectivity index (χ4n) is 5.71. The first-order valence-corrected chi connectivity index (χ1v) is 17.2. The third-order valence-electron chi connectivity index (χ3n) is 8.03. The van der Waals surface area contributed by atoms with Gasteiger partial charge in [0, 0.05) is 31.4 Å². The summed E-state index contributed by atoms with van der Waals surface area (Å²) in [6.45, 7) is 4.52. The van der Waals surface area contributed by atoms with Gasteiger partial charge in [-0.2, -0.15) is 0 Å². The second-order valence-corrected chi connectivity index (χ2v) is 13.4. The van der Waals surface area contributed by atoms with E-state index in [1.165, 1.54) is 54.3 Å². The third kappa shape index (κ3) is 9.92. The highest BCUT2D eigenvalue weighted by Gasteiger charge is 2.39. The molecule has 2 heterocycles. The first-order valence-electron chi connectivity index (χ1n) is 15.0. The molecule has 2 saturated heterocycles. The maximum atomic E-state index is 13.3. The summed E-state index contributed by atoms with van der Waals surface area (Å²) in [6.07, 6.45) is 8.08. The van der Waals surface area contributed by atoms with E-state index in [4.69, 9.17) is 4.74 Å². The van der Waals surface area contributed by atoms with E-state index >= 15 is 0 Å². The zero-order valence-electron chi connectivity index (χ0n) is 24.1. The quantitative estimate of drug-likeness (QED) is 0.225. The van der Waals surface area contributed by atoms with Crippen molar-refractivity contribution in [2.45, 2.75) is 82.3 Å². The summed E-state index contributed by atoms with van der Waals surface area (Å²) in [5, 5.41) is 5.87. The van der Waals surface area contributed by atoms with Crippen molar-refractivity contribution in [3.05, 3.63) is 35.9 Å². The molecule has 1 saturated carbocycles. The number of benzene rings is 1. The number of carbonyl (C=O) groups is 4. The van der Waals surface area contributed by atoms with E-state index in [0.29, 0.717) is 11.7 Å². The second-order valence-electron chi connectivity index (χ2n) is 11.2. The van der Waals surface area contributed by atoms with Crippen molar-refractivity contribution in [1.29, 1.82) is 0 Å². The van der Waals surface area contributed by atoms with Crippen LogP contribution < -0.4 is 10.6 Å². The Labute approximate surface area is 252 Å². The molecule has 1 unspecified atom stereocenters. The molecule has 0 radical (unpaired) electrons. The van der Waals surface area contributed by atoms with Crippen LogP contribution in [0.5, 0.6) is 0 Å². The zero-order chi connectivity index (χ0) is 29.0. The molecule has 226 valence electrons. The van der Waals surface area contributed by atoms with E-state index in [0.717, 1.165) is 38.2 Å². The van der Waals surface area contributed by atoms with Crippen LogP contribution in [-0.4, -0.2) is 88.0 Å². The van der Waals surface area contributed by atoms with Crippen LogP contribution in [0.25, 0.3) is 0 Å². The molecule has 2 aliphatic heterocycles. The molecule has 9 nitrogen and oxygen atoms in total. The molecule has 2 N–H and O–H groups in total. The summed E-state index contributed by atoms with van der Waals surface area (Å²) < 4.78 is 4.86. The average molecular weight is 605 g/mol. The SMILES string of the molecule is CCOC(=O)C(=O)N1CSC[C@H]1C(=O)NC(CC(=O)NC1CCN(Cc2ccccc2)CC1)SCC1CCCCC1. The molecule has 0 aromatic heterocycles. The molecule has 0 spiro atoms. The lowest BCUT2D eigenvalue weighted by Gasteiger charge is -2.33. The molecule has 3 amide bonds. The van der Waals surface area contributed by atoms with E-state index in [2.05, 4.69) is 39.8 Å². The maximum absolute atomic E-state index is 13.3. The first kappa shape index (κ1) is 31.7. The van der Waals surface area contributed by atoms with Crippen LogP contribution in [0.4, 0.5) is 0 Å². The number of hydrogen-bond donors (Lipinski definition) is 2. The third-order valence-corrected chi connectivity index (χ3v) is 10.4. The molecule has 0 bridgehead atoms. The number of thioether (sulfide) groups is 2. The Morgan fingerprint density at radius 1 is 1.05 bits per heavy atom. The number of rotatable bonds is 11. The fourth-order valence-corrected chi connectivity index (χ4v) is 8.18.